The van der Waals surface area contributed by atoms with E-state index in [0.29, 0.717) is 16.0 Å². The molecule has 1 aromatic rings. The van der Waals surface area contributed by atoms with Gasteiger partial charge in [0.1, 0.15) is 17.1 Å². The molecule has 0 fully saturated rings. The van der Waals surface area contributed by atoms with Crippen molar-refractivity contribution in [1.29, 1.82) is 0 Å². The molecule has 0 aliphatic carbocycles. The zero-order valence-corrected chi connectivity index (χ0v) is 12.8. The molecule has 6 heteroatoms. The lowest BCUT2D eigenvalue weighted by Gasteiger charge is -2.21. The van der Waals surface area contributed by atoms with Gasteiger partial charge >= 0.3 is 5.97 Å². The molecule has 0 atom stereocenters. The molecule has 0 unspecified atom stereocenters. The number of halogens is 1. The maximum absolute atomic E-state index is 11.1. The maximum atomic E-state index is 11.1. The lowest BCUT2D eigenvalue weighted by molar-refractivity contribution is 0.0694. The fourth-order valence-corrected chi connectivity index (χ4v) is 2.61. The van der Waals surface area contributed by atoms with E-state index in [1.165, 1.54) is 13.2 Å². The summed E-state index contributed by atoms with van der Waals surface area (Å²) in [6.45, 7) is 5.98. The Kier molecular flexibility index (Phi) is 4.21. The second-order valence-corrected chi connectivity index (χ2v) is 9.79. The highest BCUT2D eigenvalue weighted by Gasteiger charge is 2.22. The molecule has 0 heterocycles. The molecule has 0 amide bonds. The van der Waals surface area contributed by atoms with Crippen LogP contribution in [-0.4, -0.2) is 26.5 Å². The molecule has 0 aliphatic heterocycles. The summed E-state index contributed by atoms with van der Waals surface area (Å²) >= 11 is 3.26. The first-order chi connectivity index (χ1) is 7.74. The van der Waals surface area contributed by atoms with Gasteiger partial charge in [-0.05, 0) is 41.6 Å². The maximum Gasteiger partial charge on any atom is 0.339 e. The molecule has 1 N–H and O–H groups in total. The van der Waals surface area contributed by atoms with Gasteiger partial charge in [0, 0.05) is 6.07 Å². The number of hydrogen-bond donors (Lipinski definition) is 1. The van der Waals surface area contributed by atoms with Crippen LogP contribution in [0.3, 0.4) is 0 Å². The zero-order valence-electron chi connectivity index (χ0n) is 10.2. The highest BCUT2D eigenvalue weighted by Crippen LogP contribution is 2.34. The molecule has 4 nitrogen and oxygen atoms in total. The largest absolute Gasteiger partial charge is 0.544 e. The second kappa shape index (κ2) is 5.10. The second-order valence-electron chi connectivity index (χ2n) is 4.50. The minimum absolute atomic E-state index is 0.139. The van der Waals surface area contributed by atoms with E-state index in [9.17, 15) is 4.79 Å². The first kappa shape index (κ1) is 14.0. The van der Waals surface area contributed by atoms with E-state index in [2.05, 4.69) is 15.9 Å². The standard InChI is InChI=1S/C11H15BrO4Si/c1-15-10-6-9(16-17(2,3)4)7(11(13)14)5-8(10)12/h5-6H,1-4H3,(H,13,14). The van der Waals surface area contributed by atoms with E-state index in [4.69, 9.17) is 14.3 Å². The van der Waals surface area contributed by atoms with Crippen LogP contribution in [0.15, 0.2) is 16.6 Å². The van der Waals surface area contributed by atoms with Crippen molar-refractivity contribution in [3.05, 3.63) is 22.2 Å². The lowest BCUT2D eigenvalue weighted by atomic mass is 10.2. The molecule has 0 aromatic heterocycles. The number of carboxylic acids is 1. The number of aromatic carboxylic acids is 1. The van der Waals surface area contributed by atoms with Crippen molar-refractivity contribution in [3.63, 3.8) is 0 Å². The molecule has 94 valence electrons. The number of hydrogen-bond acceptors (Lipinski definition) is 3. The average Bonchev–Trinajstić information content (AvgIpc) is 2.17. The van der Waals surface area contributed by atoms with Gasteiger partial charge in [0.25, 0.3) is 0 Å². The number of methoxy groups -OCH3 is 1. The van der Waals surface area contributed by atoms with Gasteiger partial charge in [-0.2, -0.15) is 0 Å². The quantitative estimate of drug-likeness (QED) is 0.865. The summed E-state index contributed by atoms with van der Waals surface area (Å²) in [6.07, 6.45) is 0. The highest BCUT2D eigenvalue weighted by molar-refractivity contribution is 9.10. The van der Waals surface area contributed by atoms with Crippen molar-refractivity contribution < 1.29 is 19.1 Å². The number of ether oxygens (including phenoxy) is 1. The monoisotopic (exact) mass is 318 g/mol. The molecular weight excluding hydrogens is 304 g/mol. The average molecular weight is 319 g/mol. The molecule has 1 rings (SSSR count). The van der Waals surface area contributed by atoms with Crippen molar-refractivity contribution in [3.8, 4) is 11.5 Å². The Hall–Kier alpha value is -1.01. The van der Waals surface area contributed by atoms with Crippen LogP contribution in [0, 0.1) is 0 Å². The van der Waals surface area contributed by atoms with E-state index < -0.39 is 14.3 Å². The number of benzene rings is 1. The molecule has 0 bridgehead atoms. The Balaban J connectivity index is 3.29. The van der Waals surface area contributed by atoms with Crippen LogP contribution in [0.2, 0.25) is 19.6 Å². The summed E-state index contributed by atoms with van der Waals surface area (Å²) in [5, 5.41) is 9.12. The smallest absolute Gasteiger partial charge is 0.339 e. The van der Waals surface area contributed by atoms with Crippen molar-refractivity contribution in [2.24, 2.45) is 0 Å². The van der Waals surface area contributed by atoms with Crippen LogP contribution in [0.5, 0.6) is 11.5 Å². The van der Waals surface area contributed by atoms with E-state index >= 15 is 0 Å². The Bertz CT molecular complexity index is 440. The summed E-state index contributed by atoms with van der Waals surface area (Å²) in [4.78, 5) is 11.1. The molecular formula is C11H15BrO4Si. The van der Waals surface area contributed by atoms with Crippen LogP contribution in [0.4, 0.5) is 0 Å². The Morgan fingerprint density at radius 3 is 2.29 bits per heavy atom. The fraction of sp³-hybridized carbons (Fsp3) is 0.364. The Morgan fingerprint density at radius 1 is 1.29 bits per heavy atom. The lowest BCUT2D eigenvalue weighted by Crippen LogP contribution is -2.30. The first-order valence-corrected chi connectivity index (χ1v) is 9.24. The topological polar surface area (TPSA) is 55.8 Å². The first-order valence-electron chi connectivity index (χ1n) is 5.04. The van der Waals surface area contributed by atoms with E-state index in [-0.39, 0.29) is 5.56 Å². The van der Waals surface area contributed by atoms with Crippen molar-refractivity contribution in [2.45, 2.75) is 19.6 Å². The molecule has 0 radical (unpaired) electrons. The summed E-state index contributed by atoms with van der Waals surface area (Å²) in [6, 6.07) is 3.10. The van der Waals surface area contributed by atoms with Gasteiger partial charge in [-0.15, -0.1) is 0 Å². The normalized spacial score (nSPS) is 11.1. The number of rotatable bonds is 4. The predicted molar refractivity (Wildman–Crippen MR) is 71.6 cm³/mol. The fourth-order valence-electron chi connectivity index (χ4n) is 1.27. The Labute approximate surface area is 110 Å². The minimum atomic E-state index is -1.86. The van der Waals surface area contributed by atoms with E-state index in [0.717, 1.165) is 0 Å². The van der Waals surface area contributed by atoms with Crippen LogP contribution >= 0.6 is 15.9 Å². The van der Waals surface area contributed by atoms with Gasteiger partial charge < -0.3 is 14.3 Å². The van der Waals surface area contributed by atoms with Gasteiger partial charge in [-0.25, -0.2) is 4.79 Å². The summed E-state index contributed by atoms with van der Waals surface area (Å²) in [7, 11) is -0.336. The van der Waals surface area contributed by atoms with Crippen LogP contribution in [-0.2, 0) is 0 Å². The minimum Gasteiger partial charge on any atom is -0.544 e. The number of carboxylic acid groups (broad SMARTS) is 1. The van der Waals surface area contributed by atoms with Crippen LogP contribution in [0.1, 0.15) is 10.4 Å². The third kappa shape index (κ3) is 3.74. The van der Waals surface area contributed by atoms with E-state index in [1.54, 1.807) is 6.07 Å². The predicted octanol–water partition coefficient (Wildman–Crippen LogP) is 3.37. The van der Waals surface area contributed by atoms with Gasteiger partial charge in [0.2, 0.25) is 8.32 Å². The Morgan fingerprint density at radius 2 is 1.88 bits per heavy atom. The van der Waals surface area contributed by atoms with Crippen molar-refractivity contribution in [1.82, 2.24) is 0 Å². The summed E-state index contributed by atoms with van der Waals surface area (Å²) < 4.78 is 11.5. The molecule has 0 aliphatic rings. The van der Waals surface area contributed by atoms with Gasteiger partial charge in [0.15, 0.2) is 0 Å². The van der Waals surface area contributed by atoms with E-state index in [1.807, 2.05) is 19.6 Å². The molecule has 17 heavy (non-hydrogen) atoms. The summed E-state index contributed by atoms with van der Waals surface area (Å²) in [5.41, 5.74) is 0.139. The van der Waals surface area contributed by atoms with Gasteiger partial charge in [-0.1, -0.05) is 0 Å². The van der Waals surface area contributed by atoms with Crippen LogP contribution in [0.25, 0.3) is 0 Å². The van der Waals surface area contributed by atoms with Crippen molar-refractivity contribution in [2.75, 3.05) is 7.11 Å². The third-order valence-electron chi connectivity index (χ3n) is 1.90. The van der Waals surface area contributed by atoms with Crippen LogP contribution < -0.4 is 9.16 Å². The SMILES string of the molecule is COc1cc(O[Si](C)(C)C)c(C(=O)O)cc1Br. The zero-order chi connectivity index (χ0) is 13.2. The van der Waals surface area contributed by atoms with Gasteiger partial charge in [-0.3, -0.25) is 0 Å². The highest BCUT2D eigenvalue weighted by atomic mass is 79.9. The molecule has 0 saturated heterocycles. The molecule has 1 aromatic carbocycles. The summed E-state index contributed by atoms with van der Waals surface area (Å²) in [5.74, 6) is -0.0958. The van der Waals surface area contributed by atoms with Crippen molar-refractivity contribution >= 4 is 30.2 Å². The number of carbonyl (C=O) groups is 1. The third-order valence-corrected chi connectivity index (χ3v) is 3.35. The van der Waals surface area contributed by atoms with Gasteiger partial charge in [0.05, 0.1) is 11.6 Å². The molecule has 0 spiro atoms. The molecule has 0 saturated carbocycles.